The zero-order chi connectivity index (χ0) is 27.9. The molecular weight excluding hydrogens is 511 g/mol. The Morgan fingerprint density at radius 2 is 1.76 bits per heavy atom. The maximum absolute atomic E-state index is 13.2. The Morgan fingerprint density at radius 1 is 1.05 bits per heavy atom. The first kappa shape index (κ1) is 28.0. The minimum atomic E-state index is -4.64. The summed E-state index contributed by atoms with van der Waals surface area (Å²) in [6.07, 6.45) is -5.54. The number of carbonyl (C=O) groups is 1. The highest BCUT2D eigenvalue weighted by Crippen LogP contribution is 2.39. The second-order valence-electron chi connectivity index (χ2n) is 10.4. The van der Waals surface area contributed by atoms with E-state index in [0.29, 0.717) is 0 Å². The highest BCUT2D eigenvalue weighted by atomic mass is 19.4. The molecule has 2 aromatic rings. The van der Waals surface area contributed by atoms with Gasteiger partial charge in [-0.25, -0.2) is 19.7 Å². The molecule has 0 aliphatic carbocycles. The van der Waals surface area contributed by atoms with Crippen LogP contribution in [-0.2, 0) is 25.1 Å². The van der Waals surface area contributed by atoms with Gasteiger partial charge in [-0.1, -0.05) is 6.07 Å². The van der Waals surface area contributed by atoms with E-state index in [0.717, 1.165) is 6.07 Å². The van der Waals surface area contributed by atoms with Gasteiger partial charge in [-0.15, -0.1) is 0 Å². The van der Waals surface area contributed by atoms with Crippen LogP contribution in [-0.4, -0.2) is 69.4 Å². The van der Waals surface area contributed by atoms with Crippen LogP contribution in [0.1, 0.15) is 57.7 Å². The van der Waals surface area contributed by atoms with E-state index in [1.807, 2.05) is 0 Å². The summed E-state index contributed by atoms with van der Waals surface area (Å²) >= 11 is 0. The van der Waals surface area contributed by atoms with Crippen LogP contribution in [0.25, 0.3) is 0 Å². The monoisotopic (exact) mass is 541 g/mol. The summed E-state index contributed by atoms with van der Waals surface area (Å²) in [4.78, 5) is 23.9. The van der Waals surface area contributed by atoms with Gasteiger partial charge in [0.25, 0.3) is 0 Å². The van der Waals surface area contributed by atoms with Crippen molar-refractivity contribution in [3.05, 3.63) is 42.0 Å². The van der Waals surface area contributed by atoms with E-state index < -0.39 is 59.7 Å². The number of alkyl halides is 3. The highest BCUT2D eigenvalue weighted by molar-refractivity contribution is 5.87. The first-order valence-corrected chi connectivity index (χ1v) is 12.0. The molecule has 4 rings (SSSR count). The number of hydrogen-bond donors (Lipinski definition) is 0. The third-order valence-electron chi connectivity index (χ3n) is 5.61. The van der Waals surface area contributed by atoms with Crippen molar-refractivity contribution in [2.75, 3.05) is 6.61 Å². The Balaban J connectivity index is 1.51. The average molecular weight is 542 g/mol. The Labute approximate surface area is 217 Å². The van der Waals surface area contributed by atoms with Crippen LogP contribution < -0.4 is 9.47 Å². The number of aromatic nitrogens is 3. The van der Waals surface area contributed by atoms with Crippen molar-refractivity contribution in [2.45, 2.75) is 89.6 Å². The summed E-state index contributed by atoms with van der Waals surface area (Å²) in [5.41, 5.74) is -1.77. The Hall–Kier alpha value is -3.03. The molecule has 4 heterocycles. The SMILES string of the molecule is C[C@H]1O[C@H](COc2cnc(C(=O)OC(C)(C)C)cn2)[C@H](Oc2cccc(C(F)(F)F)n2)[C@H]2OC(C)(C)O[C@H]21. The standard InChI is InChI=1S/C25H30F3N3O7/c1-13-19-21(37-24(5,6)36-19)20(35-17-9-7-8-16(31-17)25(26,27)28)15(34-13)12-33-18-11-29-14(10-30-18)22(32)38-23(2,3)4/h7-11,13,15,19-21H,12H2,1-6H3/t13-,15-,19+,20+,21+/m1/s1. The van der Waals surface area contributed by atoms with Gasteiger partial charge in [-0.2, -0.15) is 13.2 Å². The number of hydrogen-bond acceptors (Lipinski definition) is 10. The van der Waals surface area contributed by atoms with E-state index in [-0.39, 0.29) is 24.1 Å². The predicted octanol–water partition coefficient (Wildman–Crippen LogP) is 3.98. The largest absolute Gasteiger partial charge is 0.474 e. The zero-order valence-corrected chi connectivity index (χ0v) is 21.8. The topological polar surface area (TPSA) is 111 Å². The average Bonchev–Trinajstić information content (AvgIpc) is 3.14. The van der Waals surface area contributed by atoms with Crippen molar-refractivity contribution < 1.29 is 46.4 Å². The van der Waals surface area contributed by atoms with Gasteiger partial charge in [0.05, 0.1) is 18.5 Å². The van der Waals surface area contributed by atoms with Crippen molar-refractivity contribution in [3.63, 3.8) is 0 Å². The van der Waals surface area contributed by atoms with Gasteiger partial charge < -0.3 is 28.4 Å². The summed E-state index contributed by atoms with van der Waals surface area (Å²) in [5, 5.41) is 0. The normalized spacial score (nSPS) is 26.9. The number of fused-ring (bicyclic) bond motifs is 1. The van der Waals surface area contributed by atoms with Gasteiger partial charge in [0.2, 0.25) is 11.8 Å². The molecule has 0 aromatic carbocycles. The van der Waals surface area contributed by atoms with Crippen molar-refractivity contribution >= 4 is 5.97 Å². The van der Waals surface area contributed by atoms with Crippen LogP contribution >= 0.6 is 0 Å². The van der Waals surface area contributed by atoms with E-state index in [2.05, 4.69) is 15.0 Å². The van der Waals surface area contributed by atoms with Gasteiger partial charge in [0.1, 0.15) is 36.2 Å². The number of carbonyl (C=O) groups excluding carboxylic acids is 1. The van der Waals surface area contributed by atoms with Gasteiger partial charge in [0.15, 0.2) is 17.6 Å². The van der Waals surface area contributed by atoms with Crippen LogP contribution in [0.15, 0.2) is 30.6 Å². The molecule has 0 N–H and O–H groups in total. The fourth-order valence-corrected chi connectivity index (χ4v) is 4.13. The summed E-state index contributed by atoms with van der Waals surface area (Å²) in [7, 11) is 0. The number of ether oxygens (including phenoxy) is 6. The first-order chi connectivity index (χ1) is 17.6. The second-order valence-corrected chi connectivity index (χ2v) is 10.4. The third kappa shape index (κ3) is 6.69. The van der Waals surface area contributed by atoms with Crippen LogP contribution in [0.5, 0.6) is 11.8 Å². The Bertz CT molecular complexity index is 1140. The van der Waals surface area contributed by atoms with Gasteiger partial charge in [-0.05, 0) is 47.6 Å². The smallest absolute Gasteiger partial charge is 0.433 e. The van der Waals surface area contributed by atoms with E-state index in [1.165, 1.54) is 24.5 Å². The summed E-state index contributed by atoms with van der Waals surface area (Å²) in [6, 6.07) is 3.38. The number of halogens is 3. The number of nitrogens with zero attached hydrogens (tertiary/aromatic N) is 3. The van der Waals surface area contributed by atoms with Crippen molar-refractivity contribution in [2.24, 2.45) is 0 Å². The fourth-order valence-electron chi connectivity index (χ4n) is 4.13. The van der Waals surface area contributed by atoms with Gasteiger partial charge >= 0.3 is 12.1 Å². The first-order valence-electron chi connectivity index (χ1n) is 12.0. The molecule has 5 atom stereocenters. The minimum absolute atomic E-state index is 0.00761. The number of pyridine rings is 1. The summed E-state index contributed by atoms with van der Waals surface area (Å²) in [6.45, 7) is 10.3. The maximum Gasteiger partial charge on any atom is 0.433 e. The molecule has 0 radical (unpaired) electrons. The number of rotatable bonds is 6. The maximum atomic E-state index is 13.2. The van der Waals surface area contributed by atoms with E-state index in [1.54, 1.807) is 41.5 Å². The molecule has 0 unspecified atom stereocenters. The van der Waals surface area contributed by atoms with E-state index >= 15 is 0 Å². The van der Waals surface area contributed by atoms with Crippen LogP contribution in [0.4, 0.5) is 13.2 Å². The number of esters is 1. The molecule has 13 heteroatoms. The quantitative estimate of drug-likeness (QED) is 0.498. The Morgan fingerprint density at radius 3 is 2.39 bits per heavy atom. The lowest BCUT2D eigenvalue weighted by atomic mass is 9.96. The molecule has 0 amide bonds. The lowest BCUT2D eigenvalue weighted by Gasteiger charge is -2.40. The minimum Gasteiger partial charge on any atom is -0.474 e. The summed E-state index contributed by atoms with van der Waals surface area (Å²) < 4.78 is 74.7. The predicted molar refractivity (Wildman–Crippen MR) is 125 cm³/mol. The van der Waals surface area contributed by atoms with Gasteiger partial charge in [0, 0.05) is 6.07 Å². The van der Waals surface area contributed by atoms with Crippen LogP contribution in [0.2, 0.25) is 0 Å². The van der Waals surface area contributed by atoms with Crippen molar-refractivity contribution in [1.82, 2.24) is 15.0 Å². The molecule has 2 aromatic heterocycles. The molecule has 208 valence electrons. The molecule has 2 fully saturated rings. The lowest BCUT2D eigenvalue weighted by molar-refractivity contribution is -0.182. The Kier molecular flexibility index (Phi) is 7.56. The van der Waals surface area contributed by atoms with E-state index in [4.69, 9.17) is 28.4 Å². The summed E-state index contributed by atoms with van der Waals surface area (Å²) in [5.74, 6) is -1.75. The molecule has 38 heavy (non-hydrogen) atoms. The fraction of sp³-hybridized carbons (Fsp3) is 0.600. The third-order valence-corrected chi connectivity index (χ3v) is 5.61. The molecule has 2 aliphatic rings. The highest BCUT2D eigenvalue weighted by Gasteiger charge is 2.55. The van der Waals surface area contributed by atoms with Crippen LogP contribution in [0, 0.1) is 0 Å². The zero-order valence-electron chi connectivity index (χ0n) is 21.8. The molecule has 0 spiro atoms. The molecule has 0 bridgehead atoms. The van der Waals surface area contributed by atoms with Crippen LogP contribution in [0.3, 0.4) is 0 Å². The molecule has 10 nitrogen and oxygen atoms in total. The second kappa shape index (κ2) is 10.3. The van der Waals surface area contributed by atoms with Gasteiger partial charge in [-0.3, -0.25) is 0 Å². The molecule has 0 saturated carbocycles. The van der Waals surface area contributed by atoms with Crippen molar-refractivity contribution in [3.8, 4) is 11.8 Å². The molecule has 2 saturated heterocycles. The lowest BCUT2D eigenvalue weighted by Crippen LogP contribution is -2.59. The molecular formula is C25H30F3N3O7. The molecule has 2 aliphatic heterocycles. The van der Waals surface area contributed by atoms with Crippen molar-refractivity contribution in [1.29, 1.82) is 0 Å². The van der Waals surface area contributed by atoms with E-state index in [9.17, 15) is 18.0 Å².